The molecule has 0 aliphatic heterocycles. The third-order valence-corrected chi connectivity index (χ3v) is 4.63. The maximum atomic E-state index is 12.0. The van der Waals surface area contributed by atoms with Gasteiger partial charge < -0.3 is 14.5 Å². The number of carbonyl (C=O) groups excluding carboxylic acids is 1. The van der Waals surface area contributed by atoms with E-state index in [2.05, 4.69) is 15.5 Å². The third-order valence-electron chi connectivity index (χ3n) is 3.65. The van der Waals surface area contributed by atoms with E-state index in [1.54, 1.807) is 7.11 Å². The van der Waals surface area contributed by atoms with Crippen LogP contribution in [0.3, 0.4) is 0 Å². The van der Waals surface area contributed by atoms with Crippen LogP contribution in [0, 0.1) is 0 Å². The Bertz CT molecular complexity index is 839. The van der Waals surface area contributed by atoms with E-state index in [1.165, 1.54) is 11.3 Å². The normalized spacial score (nSPS) is 10.6. The lowest BCUT2D eigenvalue weighted by Gasteiger charge is -2.01. The summed E-state index contributed by atoms with van der Waals surface area (Å²) >= 11 is 1.40. The van der Waals surface area contributed by atoms with Crippen molar-refractivity contribution in [2.24, 2.45) is 0 Å². The van der Waals surface area contributed by atoms with E-state index in [9.17, 15) is 4.79 Å². The Kier molecular flexibility index (Phi) is 5.45. The molecule has 1 amide bonds. The molecule has 3 aromatic rings. The summed E-state index contributed by atoms with van der Waals surface area (Å²) in [4.78, 5) is 12.0. The Labute approximate surface area is 149 Å². The first-order valence-electron chi connectivity index (χ1n) is 8.03. The molecule has 1 aromatic carbocycles. The number of aryl methyl sites for hydroxylation is 2. The van der Waals surface area contributed by atoms with E-state index in [0.717, 1.165) is 34.3 Å². The number of rotatable bonds is 7. The van der Waals surface area contributed by atoms with Gasteiger partial charge in [0.1, 0.15) is 22.3 Å². The van der Waals surface area contributed by atoms with Crippen molar-refractivity contribution in [2.45, 2.75) is 26.2 Å². The monoisotopic (exact) mass is 357 g/mol. The molecular formula is C18H19N3O3S. The largest absolute Gasteiger partial charge is 0.497 e. The van der Waals surface area contributed by atoms with Crippen LogP contribution >= 0.6 is 11.3 Å². The van der Waals surface area contributed by atoms with E-state index in [-0.39, 0.29) is 5.91 Å². The summed E-state index contributed by atoms with van der Waals surface area (Å²) in [6.07, 6.45) is 1.67. The molecule has 1 N–H and O–H groups in total. The van der Waals surface area contributed by atoms with Gasteiger partial charge in [-0.15, -0.1) is 10.2 Å². The average Bonchev–Trinajstić information content (AvgIpc) is 3.29. The number of methoxy groups -OCH3 is 1. The Balaban J connectivity index is 1.54. The van der Waals surface area contributed by atoms with Gasteiger partial charge in [-0.05, 0) is 42.8 Å². The SMILES string of the molecule is CCc1nnc(NC(=O)CCc2ccc(-c3ccc(OC)cc3)o2)s1. The fraction of sp³-hybridized carbons (Fsp3) is 0.278. The molecule has 0 aliphatic rings. The van der Waals surface area contributed by atoms with E-state index in [0.29, 0.717) is 18.0 Å². The van der Waals surface area contributed by atoms with Crippen molar-refractivity contribution in [1.29, 1.82) is 0 Å². The summed E-state index contributed by atoms with van der Waals surface area (Å²) in [5, 5.41) is 12.1. The number of hydrogen-bond donors (Lipinski definition) is 1. The van der Waals surface area contributed by atoms with Crippen molar-refractivity contribution >= 4 is 22.4 Å². The van der Waals surface area contributed by atoms with Gasteiger partial charge in [0.2, 0.25) is 11.0 Å². The van der Waals surface area contributed by atoms with Crippen LogP contribution in [0.2, 0.25) is 0 Å². The fourth-order valence-electron chi connectivity index (χ4n) is 2.29. The van der Waals surface area contributed by atoms with Crippen molar-refractivity contribution in [1.82, 2.24) is 10.2 Å². The van der Waals surface area contributed by atoms with Crippen molar-refractivity contribution in [3.63, 3.8) is 0 Å². The summed E-state index contributed by atoms with van der Waals surface area (Å²) < 4.78 is 11.0. The van der Waals surface area contributed by atoms with Gasteiger partial charge in [0, 0.05) is 18.4 Å². The molecule has 130 valence electrons. The highest BCUT2D eigenvalue weighted by molar-refractivity contribution is 7.15. The predicted molar refractivity (Wildman–Crippen MR) is 96.9 cm³/mol. The van der Waals surface area contributed by atoms with Gasteiger partial charge in [-0.25, -0.2) is 0 Å². The molecule has 0 fully saturated rings. The number of anilines is 1. The van der Waals surface area contributed by atoms with Crippen LogP contribution in [0.25, 0.3) is 11.3 Å². The van der Waals surface area contributed by atoms with Gasteiger partial charge in [0.05, 0.1) is 7.11 Å². The second-order valence-corrected chi connectivity index (χ2v) is 6.46. The van der Waals surface area contributed by atoms with Crippen LogP contribution in [0.5, 0.6) is 5.75 Å². The second kappa shape index (κ2) is 7.94. The zero-order valence-corrected chi connectivity index (χ0v) is 14.9. The van der Waals surface area contributed by atoms with Crippen LogP contribution in [-0.4, -0.2) is 23.2 Å². The van der Waals surface area contributed by atoms with E-state index in [4.69, 9.17) is 9.15 Å². The highest BCUT2D eigenvalue weighted by Gasteiger charge is 2.10. The fourth-order valence-corrected chi connectivity index (χ4v) is 2.98. The number of amides is 1. The number of hydrogen-bond acceptors (Lipinski definition) is 6. The van der Waals surface area contributed by atoms with Gasteiger partial charge >= 0.3 is 0 Å². The zero-order chi connectivity index (χ0) is 17.6. The predicted octanol–water partition coefficient (Wildman–Crippen LogP) is 3.94. The number of benzene rings is 1. The molecule has 25 heavy (non-hydrogen) atoms. The van der Waals surface area contributed by atoms with Gasteiger partial charge in [-0.1, -0.05) is 18.3 Å². The molecule has 6 nitrogen and oxygen atoms in total. The quantitative estimate of drug-likeness (QED) is 0.693. The number of furan rings is 1. The molecule has 3 rings (SSSR count). The molecule has 0 atom stereocenters. The Morgan fingerprint density at radius 1 is 1.20 bits per heavy atom. The third kappa shape index (κ3) is 4.45. The summed E-state index contributed by atoms with van der Waals surface area (Å²) in [5.41, 5.74) is 0.970. The molecule has 0 radical (unpaired) electrons. The highest BCUT2D eigenvalue weighted by atomic mass is 32.1. The van der Waals surface area contributed by atoms with Gasteiger partial charge in [-0.3, -0.25) is 4.79 Å². The summed E-state index contributed by atoms with van der Waals surface area (Å²) in [5.74, 6) is 2.25. The lowest BCUT2D eigenvalue weighted by Crippen LogP contribution is -2.11. The van der Waals surface area contributed by atoms with E-state index >= 15 is 0 Å². The van der Waals surface area contributed by atoms with Crippen molar-refractivity contribution in [3.8, 4) is 17.1 Å². The first kappa shape index (κ1) is 17.2. The number of ether oxygens (including phenoxy) is 1. The van der Waals surface area contributed by atoms with Crippen LogP contribution in [0.15, 0.2) is 40.8 Å². The van der Waals surface area contributed by atoms with Crippen LogP contribution < -0.4 is 10.1 Å². The second-order valence-electron chi connectivity index (χ2n) is 5.40. The van der Waals surface area contributed by atoms with Crippen molar-refractivity contribution < 1.29 is 13.9 Å². The topological polar surface area (TPSA) is 77.2 Å². The molecule has 0 spiro atoms. The molecule has 0 saturated carbocycles. The lowest BCUT2D eigenvalue weighted by molar-refractivity contribution is -0.116. The smallest absolute Gasteiger partial charge is 0.226 e. The number of nitrogens with one attached hydrogen (secondary N) is 1. The first-order valence-corrected chi connectivity index (χ1v) is 8.85. The summed E-state index contributed by atoms with van der Waals surface area (Å²) in [7, 11) is 1.63. The van der Waals surface area contributed by atoms with Gasteiger partial charge in [0.25, 0.3) is 0 Å². The molecule has 0 unspecified atom stereocenters. The summed E-state index contributed by atoms with van der Waals surface area (Å²) in [6, 6.07) is 11.5. The minimum Gasteiger partial charge on any atom is -0.497 e. The zero-order valence-electron chi connectivity index (χ0n) is 14.1. The minimum absolute atomic E-state index is 0.0961. The molecule has 2 aromatic heterocycles. The molecule has 0 saturated heterocycles. The van der Waals surface area contributed by atoms with E-state index < -0.39 is 0 Å². The number of nitrogens with zero attached hydrogens (tertiary/aromatic N) is 2. The van der Waals surface area contributed by atoms with Crippen LogP contribution in [0.1, 0.15) is 24.1 Å². The van der Waals surface area contributed by atoms with Crippen molar-refractivity contribution in [3.05, 3.63) is 47.2 Å². The number of carbonyl (C=O) groups is 1. The van der Waals surface area contributed by atoms with E-state index in [1.807, 2.05) is 43.3 Å². The first-order chi connectivity index (χ1) is 12.2. The molecule has 0 aliphatic carbocycles. The summed E-state index contributed by atoms with van der Waals surface area (Å²) in [6.45, 7) is 2.00. The minimum atomic E-state index is -0.0961. The maximum Gasteiger partial charge on any atom is 0.226 e. The standard InChI is InChI=1S/C18H19N3O3S/c1-3-17-20-21-18(25-17)19-16(22)11-9-14-8-10-15(24-14)12-4-6-13(23-2)7-5-12/h4-8,10H,3,9,11H2,1-2H3,(H,19,21,22). The van der Waals surface area contributed by atoms with Crippen molar-refractivity contribution in [2.75, 3.05) is 12.4 Å². The van der Waals surface area contributed by atoms with Gasteiger partial charge in [0.15, 0.2) is 0 Å². The average molecular weight is 357 g/mol. The molecular weight excluding hydrogens is 338 g/mol. The Hall–Kier alpha value is -2.67. The highest BCUT2D eigenvalue weighted by Crippen LogP contribution is 2.25. The lowest BCUT2D eigenvalue weighted by atomic mass is 10.2. The molecule has 0 bridgehead atoms. The molecule has 2 heterocycles. The maximum absolute atomic E-state index is 12.0. The van der Waals surface area contributed by atoms with Crippen LogP contribution in [0.4, 0.5) is 5.13 Å². The van der Waals surface area contributed by atoms with Gasteiger partial charge in [-0.2, -0.15) is 0 Å². The molecule has 7 heteroatoms. The Morgan fingerprint density at radius 2 is 2.00 bits per heavy atom. The number of aromatic nitrogens is 2. The Morgan fingerprint density at radius 3 is 2.68 bits per heavy atom. The van der Waals surface area contributed by atoms with Crippen LogP contribution in [-0.2, 0) is 17.6 Å².